The van der Waals surface area contributed by atoms with Crippen molar-refractivity contribution in [2.24, 2.45) is 0 Å². The molecule has 0 aliphatic rings. The van der Waals surface area contributed by atoms with Gasteiger partial charge in [-0.2, -0.15) is 0 Å². The molecule has 0 aromatic carbocycles. The van der Waals surface area contributed by atoms with Gasteiger partial charge in [-0.3, -0.25) is 0 Å². The van der Waals surface area contributed by atoms with E-state index in [0.29, 0.717) is 5.95 Å². The molecule has 19 heavy (non-hydrogen) atoms. The van der Waals surface area contributed by atoms with Crippen molar-refractivity contribution >= 4 is 39.3 Å². The lowest BCUT2D eigenvalue weighted by atomic mass is 10.3. The Kier molecular flexibility index (Phi) is 3.20. The van der Waals surface area contributed by atoms with Crippen molar-refractivity contribution in [3.63, 3.8) is 0 Å². The van der Waals surface area contributed by atoms with Crippen LogP contribution in [0.5, 0.6) is 0 Å². The highest BCUT2D eigenvalue weighted by Crippen LogP contribution is 2.37. The zero-order chi connectivity index (χ0) is 13.4. The van der Waals surface area contributed by atoms with Crippen LogP contribution in [0.2, 0.25) is 0 Å². The summed E-state index contributed by atoms with van der Waals surface area (Å²) in [5.74, 6) is 1.21. The lowest BCUT2D eigenvalue weighted by Crippen LogP contribution is -1.95. The van der Waals surface area contributed by atoms with Crippen molar-refractivity contribution < 1.29 is 4.42 Å². The van der Waals surface area contributed by atoms with Gasteiger partial charge in [0.2, 0.25) is 5.95 Å². The third-order valence-electron chi connectivity index (χ3n) is 2.79. The maximum Gasteiger partial charge on any atom is 0.222 e. The Morgan fingerprint density at radius 1 is 1.42 bits per heavy atom. The van der Waals surface area contributed by atoms with Crippen molar-refractivity contribution in [2.75, 3.05) is 5.73 Å². The highest BCUT2D eigenvalue weighted by atomic mass is 32.2. The molecule has 4 nitrogen and oxygen atoms in total. The molecule has 0 saturated carbocycles. The number of nitrogens with zero attached hydrogens (tertiary/aromatic N) is 2. The molecular weight excluding hydrogens is 278 g/mol. The van der Waals surface area contributed by atoms with E-state index >= 15 is 0 Å². The standard InChI is InChI=1S/C13H13N3OS2/c1-3-8-6-9-11(18-8)15-13(14)16-12(9)19-10-4-5-17-7(10)2/h4-6H,3H2,1-2H3,(H2,14,15,16). The number of nitrogen functional groups attached to an aromatic ring is 1. The van der Waals surface area contributed by atoms with Crippen molar-refractivity contribution in [1.82, 2.24) is 9.97 Å². The predicted octanol–water partition coefficient (Wildman–Crippen LogP) is 3.89. The van der Waals surface area contributed by atoms with E-state index in [1.165, 1.54) is 4.88 Å². The smallest absolute Gasteiger partial charge is 0.222 e. The first-order valence-electron chi connectivity index (χ1n) is 5.95. The lowest BCUT2D eigenvalue weighted by Gasteiger charge is -2.02. The van der Waals surface area contributed by atoms with Crippen LogP contribution in [0.4, 0.5) is 5.95 Å². The quantitative estimate of drug-likeness (QED) is 0.742. The van der Waals surface area contributed by atoms with Crippen LogP contribution in [0.3, 0.4) is 0 Å². The van der Waals surface area contributed by atoms with Gasteiger partial charge in [-0.25, -0.2) is 9.97 Å². The molecule has 3 aromatic rings. The largest absolute Gasteiger partial charge is 0.468 e. The molecule has 0 atom stereocenters. The van der Waals surface area contributed by atoms with Crippen LogP contribution in [0.1, 0.15) is 17.6 Å². The van der Waals surface area contributed by atoms with Gasteiger partial charge in [-0.15, -0.1) is 11.3 Å². The number of furan rings is 1. The Balaban J connectivity index is 2.11. The summed E-state index contributed by atoms with van der Waals surface area (Å²) in [6.45, 7) is 4.07. The molecular formula is C13H13N3OS2. The van der Waals surface area contributed by atoms with Crippen LogP contribution >= 0.6 is 23.1 Å². The van der Waals surface area contributed by atoms with Crippen LogP contribution in [0.25, 0.3) is 10.2 Å². The summed E-state index contributed by atoms with van der Waals surface area (Å²) in [5.41, 5.74) is 5.79. The number of thiophene rings is 1. The van der Waals surface area contributed by atoms with E-state index < -0.39 is 0 Å². The average Bonchev–Trinajstić information content (AvgIpc) is 2.96. The highest BCUT2D eigenvalue weighted by Gasteiger charge is 2.13. The average molecular weight is 291 g/mol. The molecule has 0 aliphatic heterocycles. The predicted molar refractivity (Wildman–Crippen MR) is 78.8 cm³/mol. The fraction of sp³-hybridized carbons (Fsp3) is 0.231. The molecule has 2 N–H and O–H groups in total. The second-order valence-electron chi connectivity index (χ2n) is 4.12. The van der Waals surface area contributed by atoms with Crippen LogP contribution in [0.15, 0.2) is 32.7 Å². The molecule has 0 bridgehead atoms. The lowest BCUT2D eigenvalue weighted by molar-refractivity contribution is 0.527. The van der Waals surface area contributed by atoms with E-state index in [1.807, 2.05) is 13.0 Å². The number of hydrogen-bond acceptors (Lipinski definition) is 6. The number of aryl methyl sites for hydroxylation is 2. The van der Waals surface area contributed by atoms with Crippen molar-refractivity contribution in [3.8, 4) is 0 Å². The Morgan fingerprint density at radius 2 is 2.26 bits per heavy atom. The fourth-order valence-corrected chi connectivity index (χ4v) is 3.76. The Morgan fingerprint density at radius 3 is 2.95 bits per heavy atom. The van der Waals surface area contributed by atoms with Gasteiger partial charge >= 0.3 is 0 Å². The van der Waals surface area contributed by atoms with Gasteiger partial charge in [0.05, 0.1) is 11.2 Å². The first-order valence-corrected chi connectivity index (χ1v) is 7.58. The van der Waals surface area contributed by atoms with E-state index in [0.717, 1.165) is 32.3 Å². The zero-order valence-corrected chi connectivity index (χ0v) is 12.3. The Bertz CT molecular complexity index is 733. The van der Waals surface area contributed by atoms with Gasteiger partial charge in [0.1, 0.15) is 15.6 Å². The van der Waals surface area contributed by atoms with Gasteiger partial charge in [-0.1, -0.05) is 18.7 Å². The molecule has 3 rings (SSSR count). The van der Waals surface area contributed by atoms with E-state index in [1.54, 1.807) is 29.4 Å². The molecule has 3 heterocycles. The number of nitrogens with two attached hydrogens (primary N) is 1. The van der Waals surface area contributed by atoms with Gasteiger partial charge in [-0.05, 0) is 25.5 Å². The van der Waals surface area contributed by atoms with E-state index in [2.05, 4.69) is 23.0 Å². The summed E-state index contributed by atoms with van der Waals surface area (Å²) in [6, 6.07) is 4.09. The molecule has 3 aromatic heterocycles. The monoisotopic (exact) mass is 291 g/mol. The summed E-state index contributed by atoms with van der Waals surface area (Å²) in [5, 5.41) is 1.96. The van der Waals surface area contributed by atoms with Crippen molar-refractivity contribution in [3.05, 3.63) is 29.0 Å². The third kappa shape index (κ3) is 2.33. The molecule has 0 aliphatic carbocycles. The van der Waals surface area contributed by atoms with Crippen LogP contribution < -0.4 is 5.73 Å². The van der Waals surface area contributed by atoms with Crippen LogP contribution in [-0.4, -0.2) is 9.97 Å². The van der Waals surface area contributed by atoms with Crippen LogP contribution in [-0.2, 0) is 6.42 Å². The van der Waals surface area contributed by atoms with Crippen molar-refractivity contribution in [1.29, 1.82) is 0 Å². The number of anilines is 1. The van der Waals surface area contributed by atoms with Gasteiger partial charge in [0.15, 0.2) is 0 Å². The van der Waals surface area contributed by atoms with E-state index in [4.69, 9.17) is 10.2 Å². The normalized spacial score (nSPS) is 11.3. The third-order valence-corrected chi connectivity index (χ3v) is 5.11. The molecule has 0 amide bonds. The maximum absolute atomic E-state index is 5.79. The number of aromatic nitrogens is 2. The minimum absolute atomic E-state index is 0.320. The minimum atomic E-state index is 0.320. The molecule has 0 spiro atoms. The second-order valence-corrected chi connectivity index (χ2v) is 6.26. The molecule has 98 valence electrons. The van der Waals surface area contributed by atoms with E-state index in [-0.39, 0.29) is 0 Å². The van der Waals surface area contributed by atoms with Crippen molar-refractivity contribution in [2.45, 2.75) is 30.2 Å². The maximum atomic E-state index is 5.79. The Labute approximate surface area is 119 Å². The highest BCUT2D eigenvalue weighted by molar-refractivity contribution is 7.99. The first kappa shape index (κ1) is 12.5. The summed E-state index contributed by atoms with van der Waals surface area (Å²) in [6.07, 6.45) is 2.68. The molecule has 0 radical (unpaired) electrons. The number of hydrogen-bond donors (Lipinski definition) is 1. The summed E-state index contributed by atoms with van der Waals surface area (Å²) in [7, 11) is 0. The number of fused-ring (bicyclic) bond motifs is 1. The molecule has 6 heteroatoms. The van der Waals surface area contributed by atoms with Crippen LogP contribution in [0, 0.1) is 6.92 Å². The molecule has 0 unspecified atom stereocenters. The minimum Gasteiger partial charge on any atom is -0.468 e. The molecule has 0 fully saturated rings. The SMILES string of the molecule is CCc1cc2c(Sc3ccoc3C)nc(N)nc2s1. The second kappa shape index (κ2) is 4.86. The topological polar surface area (TPSA) is 64.9 Å². The van der Waals surface area contributed by atoms with Gasteiger partial charge in [0.25, 0.3) is 0 Å². The summed E-state index contributed by atoms with van der Waals surface area (Å²) in [4.78, 5) is 12.0. The zero-order valence-electron chi connectivity index (χ0n) is 10.6. The fourth-order valence-electron chi connectivity index (χ4n) is 1.80. The van der Waals surface area contributed by atoms with Gasteiger partial charge in [0, 0.05) is 10.3 Å². The number of rotatable bonds is 3. The first-order chi connectivity index (χ1) is 9.17. The molecule has 0 saturated heterocycles. The van der Waals surface area contributed by atoms with Gasteiger partial charge < -0.3 is 10.2 Å². The summed E-state index contributed by atoms with van der Waals surface area (Å²) < 4.78 is 5.31. The Hall–Kier alpha value is -1.53. The van der Waals surface area contributed by atoms with E-state index in [9.17, 15) is 0 Å². The summed E-state index contributed by atoms with van der Waals surface area (Å²) >= 11 is 3.24.